The molecule has 1 atom stereocenters. The Hall–Kier alpha value is -1.51. The third-order valence-electron chi connectivity index (χ3n) is 2.29. The van der Waals surface area contributed by atoms with Crippen molar-refractivity contribution < 1.29 is 4.79 Å². The quantitative estimate of drug-likeness (QED) is 0.779. The molecular formula is C12H18N2O. The highest BCUT2D eigenvalue weighted by molar-refractivity contribution is 5.74. The second-order valence-corrected chi connectivity index (χ2v) is 3.62. The number of rotatable bonds is 4. The molecule has 1 rings (SSSR count). The van der Waals surface area contributed by atoms with E-state index in [1.807, 2.05) is 44.2 Å². The van der Waals surface area contributed by atoms with Crippen LogP contribution >= 0.6 is 0 Å². The lowest BCUT2D eigenvalue weighted by atomic mass is 10.2. The van der Waals surface area contributed by atoms with Crippen LogP contribution in [0.5, 0.6) is 0 Å². The molecule has 0 spiro atoms. The smallest absolute Gasteiger partial charge is 0.315 e. The fourth-order valence-electron chi connectivity index (χ4n) is 1.16. The summed E-state index contributed by atoms with van der Waals surface area (Å²) >= 11 is 0. The van der Waals surface area contributed by atoms with Crippen molar-refractivity contribution in [3.63, 3.8) is 0 Å². The Morgan fingerprint density at radius 3 is 2.60 bits per heavy atom. The summed E-state index contributed by atoms with van der Waals surface area (Å²) in [7, 11) is 0. The highest BCUT2D eigenvalue weighted by Crippen LogP contribution is 1.97. The van der Waals surface area contributed by atoms with Crippen LogP contribution in [0.1, 0.15) is 25.8 Å². The monoisotopic (exact) mass is 206 g/mol. The first-order valence-corrected chi connectivity index (χ1v) is 5.30. The van der Waals surface area contributed by atoms with Crippen molar-refractivity contribution in [1.29, 1.82) is 0 Å². The highest BCUT2D eigenvalue weighted by Gasteiger charge is 2.03. The van der Waals surface area contributed by atoms with Gasteiger partial charge in [-0.3, -0.25) is 0 Å². The summed E-state index contributed by atoms with van der Waals surface area (Å²) in [6.45, 7) is 4.60. The Bertz CT molecular complexity index is 298. The van der Waals surface area contributed by atoms with Crippen LogP contribution in [-0.4, -0.2) is 12.1 Å². The molecule has 3 nitrogen and oxygen atoms in total. The largest absolute Gasteiger partial charge is 0.336 e. The minimum atomic E-state index is -0.104. The van der Waals surface area contributed by atoms with E-state index in [9.17, 15) is 4.79 Å². The lowest BCUT2D eigenvalue weighted by Crippen LogP contribution is -2.40. The van der Waals surface area contributed by atoms with Gasteiger partial charge in [0.1, 0.15) is 0 Å². The third kappa shape index (κ3) is 4.49. The number of hydrogen-bond donors (Lipinski definition) is 2. The zero-order valence-corrected chi connectivity index (χ0v) is 9.29. The normalized spacial score (nSPS) is 11.9. The molecule has 0 aromatic heterocycles. The van der Waals surface area contributed by atoms with E-state index in [2.05, 4.69) is 10.6 Å². The van der Waals surface area contributed by atoms with Crippen molar-refractivity contribution in [2.75, 3.05) is 0 Å². The Labute approximate surface area is 90.9 Å². The van der Waals surface area contributed by atoms with Crippen molar-refractivity contribution in [2.45, 2.75) is 32.9 Å². The molecule has 0 heterocycles. The van der Waals surface area contributed by atoms with Crippen molar-refractivity contribution >= 4 is 6.03 Å². The van der Waals surface area contributed by atoms with Crippen LogP contribution in [0.4, 0.5) is 4.79 Å². The van der Waals surface area contributed by atoms with E-state index < -0.39 is 0 Å². The van der Waals surface area contributed by atoms with E-state index in [0.29, 0.717) is 6.54 Å². The molecule has 0 saturated heterocycles. The van der Waals surface area contributed by atoms with Gasteiger partial charge in [-0.25, -0.2) is 4.79 Å². The lowest BCUT2D eigenvalue weighted by Gasteiger charge is -2.12. The van der Waals surface area contributed by atoms with Crippen molar-refractivity contribution in [1.82, 2.24) is 10.6 Å². The minimum absolute atomic E-state index is 0.104. The van der Waals surface area contributed by atoms with Crippen molar-refractivity contribution in [2.24, 2.45) is 0 Å². The standard InChI is InChI=1S/C12H18N2O/c1-3-10(2)14-12(15)13-9-11-7-5-4-6-8-11/h4-8,10H,3,9H2,1-2H3,(H2,13,14,15)/t10-/m0/s1. The fourth-order valence-corrected chi connectivity index (χ4v) is 1.16. The minimum Gasteiger partial charge on any atom is -0.336 e. The summed E-state index contributed by atoms with van der Waals surface area (Å²) in [6, 6.07) is 9.98. The second-order valence-electron chi connectivity index (χ2n) is 3.62. The maximum atomic E-state index is 11.4. The predicted octanol–water partition coefficient (Wildman–Crippen LogP) is 2.28. The van der Waals surface area contributed by atoms with Crippen LogP contribution in [0.2, 0.25) is 0 Å². The molecule has 1 aromatic carbocycles. The van der Waals surface area contributed by atoms with Gasteiger partial charge in [0.25, 0.3) is 0 Å². The van der Waals surface area contributed by atoms with Gasteiger partial charge in [-0.15, -0.1) is 0 Å². The lowest BCUT2D eigenvalue weighted by molar-refractivity contribution is 0.237. The Balaban J connectivity index is 2.29. The Morgan fingerprint density at radius 1 is 1.33 bits per heavy atom. The van der Waals surface area contributed by atoms with Gasteiger partial charge in [0, 0.05) is 12.6 Å². The van der Waals surface area contributed by atoms with Crippen molar-refractivity contribution in [3.8, 4) is 0 Å². The molecule has 0 aliphatic heterocycles. The van der Waals surface area contributed by atoms with Gasteiger partial charge in [0.2, 0.25) is 0 Å². The van der Waals surface area contributed by atoms with Gasteiger partial charge >= 0.3 is 6.03 Å². The summed E-state index contributed by atoms with van der Waals surface area (Å²) in [4.78, 5) is 11.4. The maximum absolute atomic E-state index is 11.4. The summed E-state index contributed by atoms with van der Waals surface area (Å²) in [5, 5.41) is 5.66. The number of benzene rings is 1. The second kappa shape index (κ2) is 6.06. The Morgan fingerprint density at radius 2 is 2.00 bits per heavy atom. The third-order valence-corrected chi connectivity index (χ3v) is 2.29. The van der Waals surface area contributed by atoms with E-state index in [4.69, 9.17) is 0 Å². The van der Waals surface area contributed by atoms with Crippen LogP contribution in [0.15, 0.2) is 30.3 Å². The summed E-state index contributed by atoms with van der Waals surface area (Å²) in [5.74, 6) is 0. The molecule has 0 aliphatic rings. The van der Waals surface area contributed by atoms with Crippen LogP contribution in [-0.2, 0) is 6.54 Å². The van der Waals surface area contributed by atoms with Gasteiger partial charge in [-0.1, -0.05) is 37.3 Å². The van der Waals surface area contributed by atoms with Crippen LogP contribution in [0.25, 0.3) is 0 Å². The first-order valence-electron chi connectivity index (χ1n) is 5.30. The molecule has 82 valence electrons. The van der Waals surface area contributed by atoms with Crippen LogP contribution in [0.3, 0.4) is 0 Å². The van der Waals surface area contributed by atoms with Crippen molar-refractivity contribution in [3.05, 3.63) is 35.9 Å². The van der Waals surface area contributed by atoms with Gasteiger partial charge < -0.3 is 10.6 Å². The number of nitrogens with one attached hydrogen (secondary N) is 2. The van der Waals surface area contributed by atoms with E-state index in [1.165, 1.54) is 0 Å². The molecule has 3 heteroatoms. The van der Waals surface area contributed by atoms with Crippen LogP contribution in [0, 0.1) is 0 Å². The first kappa shape index (κ1) is 11.6. The van der Waals surface area contributed by atoms with Gasteiger partial charge in [-0.2, -0.15) is 0 Å². The van der Waals surface area contributed by atoms with Gasteiger partial charge in [0.15, 0.2) is 0 Å². The van der Waals surface area contributed by atoms with E-state index >= 15 is 0 Å². The molecule has 0 fully saturated rings. The van der Waals surface area contributed by atoms with E-state index in [1.54, 1.807) is 0 Å². The van der Waals surface area contributed by atoms with E-state index in [-0.39, 0.29) is 12.1 Å². The summed E-state index contributed by atoms with van der Waals surface area (Å²) in [6.07, 6.45) is 0.943. The zero-order valence-electron chi connectivity index (χ0n) is 9.29. The van der Waals surface area contributed by atoms with Gasteiger partial charge in [-0.05, 0) is 18.9 Å². The molecule has 0 saturated carbocycles. The number of hydrogen-bond acceptors (Lipinski definition) is 1. The number of carbonyl (C=O) groups is 1. The average molecular weight is 206 g/mol. The molecule has 0 aliphatic carbocycles. The number of amides is 2. The maximum Gasteiger partial charge on any atom is 0.315 e. The highest BCUT2D eigenvalue weighted by atomic mass is 16.2. The zero-order chi connectivity index (χ0) is 11.1. The number of carbonyl (C=O) groups excluding carboxylic acids is 1. The molecule has 1 aromatic rings. The van der Waals surface area contributed by atoms with E-state index in [0.717, 1.165) is 12.0 Å². The molecule has 0 unspecified atom stereocenters. The first-order chi connectivity index (χ1) is 7.22. The summed E-state index contributed by atoms with van der Waals surface area (Å²) in [5.41, 5.74) is 1.11. The number of urea groups is 1. The molecule has 15 heavy (non-hydrogen) atoms. The molecule has 2 amide bonds. The topological polar surface area (TPSA) is 41.1 Å². The van der Waals surface area contributed by atoms with Crippen LogP contribution < -0.4 is 10.6 Å². The Kier molecular flexibility index (Phi) is 4.68. The molecular weight excluding hydrogens is 188 g/mol. The fraction of sp³-hybridized carbons (Fsp3) is 0.417. The average Bonchev–Trinajstić information content (AvgIpc) is 2.27. The SMILES string of the molecule is CC[C@H](C)NC(=O)NCc1ccccc1. The molecule has 2 N–H and O–H groups in total. The molecule has 0 radical (unpaired) electrons. The predicted molar refractivity (Wildman–Crippen MR) is 61.6 cm³/mol. The molecule has 0 bridgehead atoms. The summed E-state index contributed by atoms with van der Waals surface area (Å²) < 4.78 is 0. The van der Waals surface area contributed by atoms with Gasteiger partial charge in [0.05, 0.1) is 0 Å².